The summed E-state index contributed by atoms with van der Waals surface area (Å²) < 4.78 is 11.3. The van der Waals surface area contributed by atoms with E-state index in [0.29, 0.717) is 18.2 Å². The van der Waals surface area contributed by atoms with E-state index in [1.54, 1.807) is 7.11 Å². The molecule has 6 nitrogen and oxygen atoms in total. The minimum absolute atomic E-state index is 0.00861. The Kier molecular flexibility index (Phi) is 8.15. The number of hydrogen-bond acceptors (Lipinski definition) is 5. The van der Waals surface area contributed by atoms with Crippen molar-refractivity contribution in [1.82, 2.24) is 14.7 Å². The molecule has 0 radical (unpaired) electrons. The fourth-order valence-electron chi connectivity index (χ4n) is 4.42. The van der Waals surface area contributed by atoms with Gasteiger partial charge >= 0.3 is 0 Å². The molecule has 0 saturated carbocycles. The Labute approximate surface area is 186 Å². The Balaban J connectivity index is 1.68. The lowest BCUT2D eigenvalue weighted by atomic mass is 9.96. The van der Waals surface area contributed by atoms with Gasteiger partial charge in [-0.25, -0.2) is 0 Å². The second-order valence-corrected chi connectivity index (χ2v) is 8.98. The molecule has 0 bridgehead atoms. The number of aryl methyl sites for hydroxylation is 2. The quantitative estimate of drug-likeness (QED) is 0.609. The Morgan fingerprint density at radius 1 is 1.23 bits per heavy atom. The second kappa shape index (κ2) is 10.8. The van der Waals surface area contributed by atoms with Crippen LogP contribution in [-0.2, 0) is 6.54 Å². The van der Waals surface area contributed by atoms with Crippen molar-refractivity contribution in [2.24, 2.45) is 5.92 Å². The number of rotatable bonds is 9. The number of para-hydroxylation sites is 1. The molecular formula is C25H37N3O3. The van der Waals surface area contributed by atoms with E-state index in [0.717, 1.165) is 62.6 Å². The molecule has 0 aliphatic carbocycles. The number of carbonyl (C=O) groups excluding carboxylic acids is 1. The maximum Gasteiger partial charge on any atom is 0.289 e. The largest absolute Gasteiger partial charge is 0.496 e. The SMILES string of the molecule is COc1ccccc1CN1CCCC(CN(CCN(C)C)C(=O)c2oc(C)cc2C)C1. The number of ether oxygens (including phenoxy) is 1. The van der Waals surface area contributed by atoms with E-state index in [1.165, 1.54) is 5.56 Å². The summed E-state index contributed by atoms with van der Waals surface area (Å²) in [4.78, 5) is 19.9. The van der Waals surface area contributed by atoms with Gasteiger partial charge in [0.2, 0.25) is 0 Å². The molecule has 1 aliphatic heterocycles. The van der Waals surface area contributed by atoms with Gasteiger partial charge in [0.05, 0.1) is 7.11 Å². The van der Waals surface area contributed by atoms with Gasteiger partial charge in [-0.3, -0.25) is 9.69 Å². The van der Waals surface area contributed by atoms with Crippen LogP contribution in [0.3, 0.4) is 0 Å². The van der Waals surface area contributed by atoms with Gasteiger partial charge in [-0.1, -0.05) is 18.2 Å². The van der Waals surface area contributed by atoms with Crippen molar-refractivity contribution in [3.63, 3.8) is 0 Å². The second-order valence-electron chi connectivity index (χ2n) is 8.98. The molecule has 0 spiro atoms. The first-order valence-electron chi connectivity index (χ1n) is 11.2. The molecule has 1 aromatic heterocycles. The number of benzene rings is 1. The Hall–Kier alpha value is -2.31. The number of carbonyl (C=O) groups is 1. The van der Waals surface area contributed by atoms with Crippen LogP contribution in [0.5, 0.6) is 5.75 Å². The lowest BCUT2D eigenvalue weighted by Crippen LogP contribution is -2.44. The molecular weight excluding hydrogens is 390 g/mol. The topological polar surface area (TPSA) is 49.2 Å². The molecule has 1 aromatic carbocycles. The summed E-state index contributed by atoms with van der Waals surface area (Å²) in [5, 5.41) is 0. The Morgan fingerprint density at radius 3 is 2.68 bits per heavy atom. The third kappa shape index (κ3) is 6.34. The van der Waals surface area contributed by atoms with E-state index in [1.807, 2.05) is 51.0 Å². The van der Waals surface area contributed by atoms with Gasteiger partial charge in [0.15, 0.2) is 5.76 Å². The third-order valence-corrected chi connectivity index (χ3v) is 6.01. The summed E-state index contributed by atoms with van der Waals surface area (Å²) >= 11 is 0. The third-order valence-electron chi connectivity index (χ3n) is 6.01. The smallest absolute Gasteiger partial charge is 0.289 e. The molecule has 31 heavy (non-hydrogen) atoms. The van der Waals surface area contributed by atoms with Crippen LogP contribution < -0.4 is 4.74 Å². The molecule has 1 saturated heterocycles. The lowest BCUT2D eigenvalue weighted by molar-refractivity contribution is 0.0628. The fourth-order valence-corrected chi connectivity index (χ4v) is 4.42. The predicted octanol–water partition coefficient (Wildman–Crippen LogP) is 3.82. The van der Waals surface area contributed by atoms with Crippen molar-refractivity contribution >= 4 is 5.91 Å². The number of amides is 1. The molecule has 1 atom stereocenters. The van der Waals surface area contributed by atoms with Crippen LogP contribution in [0.2, 0.25) is 0 Å². The highest BCUT2D eigenvalue weighted by molar-refractivity contribution is 5.93. The number of likely N-dealkylation sites (tertiary alicyclic amines) is 1. The Morgan fingerprint density at radius 2 is 2.00 bits per heavy atom. The van der Waals surface area contributed by atoms with E-state index >= 15 is 0 Å². The molecule has 1 fully saturated rings. The van der Waals surface area contributed by atoms with E-state index in [4.69, 9.17) is 9.15 Å². The number of nitrogens with zero attached hydrogens (tertiary/aromatic N) is 3. The van der Waals surface area contributed by atoms with Crippen LogP contribution >= 0.6 is 0 Å². The van der Waals surface area contributed by atoms with Crippen LogP contribution in [0, 0.1) is 19.8 Å². The van der Waals surface area contributed by atoms with Crippen molar-refractivity contribution in [3.05, 3.63) is 53.0 Å². The predicted molar refractivity (Wildman–Crippen MR) is 124 cm³/mol. The van der Waals surface area contributed by atoms with Gasteiger partial charge < -0.3 is 19.0 Å². The van der Waals surface area contributed by atoms with Crippen molar-refractivity contribution < 1.29 is 13.9 Å². The minimum atomic E-state index is 0.00861. The van der Waals surface area contributed by atoms with Crippen molar-refractivity contribution in [3.8, 4) is 5.75 Å². The number of likely N-dealkylation sites (N-methyl/N-ethyl adjacent to an activating group) is 1. The first kappa shape index (κ1) is 23.4. The van der Waals surface area contributed by atoms with Crippen LogP contribution in [-0.4, -0.2) is 74.5 Å². The summed E-state index contributed by atoms with van der Waals surface area (Å²) in [6, 6.07) is 10.2. The van der Waals surface area contributed by atoms with Crippen molar-refractivity contribution in [1.29, 1.82) is 0 Å². The summed E-state index contributed by atoms with van der Waals surface area (Å²) in [5.74, 6) is 2.67. The average molecular weight is 428 g/mol. The van der Waals surface area contributed by atoms with Crippen LogP contribution in [0.1, 0.15) is 40.3 Å². The van der Waals surface area contributed by atoms with Crippen LogP contribution in [0.4, 0.5) is 0 Å². The molecule has 1 unspecified atom stereocenters. The van der Waals surface area contributed by atoms with Crippen molar-refractivity contribution in [2.45, 2.75) is 33.2 Å². The number of methoxy groups -OCH3 is 1. The average Bonchev–Trinajstić information content (AvgIpc) is 3.09. The summed E-state index contributed by atoms with van der Waals surface area (Å²) in [6.07, 6.45) is 2.29. The normalized spacial score (nSPS) is 17.2. The molecule has 2 aromatic rings. The molecule has 6 heteroatoms. The maximum atomic E-state index is 13.3. The van der Waals surface area contributed by atoms with Gasteiger partial charge in [0.25, 0.3) is 5.91 Å². The zero-order valence-corrected chi connectivity index (χ0v) is 19.7. The zero-order valence-electron chi connectivity index (χ0n) is 19.7. The van der Waals surface area contributed by atoms with Crippen LogP contribution in [0.15, 0.2) is 34.7 Å². The fraction of sp³-hybridized carbons (Fsp3) is 0.560. The first-order valence-corrected chi connectivity index (χ1v) is 11.2. The number of furan rings is 1. The number of hydrogen-bond donors (Lipinski definition) is 0. The van der Waals surface area contributed by atoms with Gasteiger partial charge in [0, 0.05) is 43.9 Å². The first-order chi connectivity index (χ1) is 14.9. The highest BCUT2D eigenvalue weighted by Crippen LogP contribution is 2.25. The van der Waals surface area contributed by atoms with Gasteiger partial charge in [-0.15, -0.1) is 0 Å². The van der Waals surface area contributed by atoms with Crippen molar-refractivity contribution in [2.75, 3.05) is 53.9 Å². The summed E-state index contributed by atoms with van der Waals surface area (Å²) in [6.45, 7) is 9.08. The minimum Gasteiger partial charge on any atom is -0.496 e. The van der Waals surface area contributed by atoms with E-state index in [9.17, 15) is 4.79 Å². The molecule has 0 N–H and O–H groups in total. The van der Waals surface area contributed by atoms with Gasteiger partial charge in [-0.05, 0) is 65.4 Å². The van der Waals surface area contributed by atoms with E-state index < -0.39 is 0 Å². The molecule has 170 valence electrons. The maximum absolute atomic E-state index is 13.3. The highest BCUT2D eigenvalue weighted by atomic mass is 16.5. The molecule has 1 amide bonds. The highest BCUT2D eigenvalue weighted by Gasteiger charge is 2.27. The Bertz CT molecular complexity index is 861. The van der Waals surface area contributed by atoms with E-state index in [-0.39, 0.29) is 5.91 Å². The van der Waals surface area contributed by atoms with E-state index in [2.05, 4.69) is 21.9 Å². The number of piperidine rings is 1. The zero-order chi connectivity index (χ0) is 22.4. The monoisotopic (exact) mass is 427 g/mol. The molecule has 1 aliphatic rings. The standard InChI is InChI=1S/C25H37N3O3/c1-19-15-20(2)31-24(19)25(29)28(14-13-26(3)4)17-21-9-8-12-27(16-21)18-22-10-6-7-11-23(22)30-5/h6-7,10-11,15,21H,8-9,12-14,16-18H2,1-5H3. The van der Waals surface area contributed by atoms with Gasteiger partial charge in [-0.2, -0.15) is 0 Å². The summed E-state index contributed by atoms with van der Waals surface area (Å²) in [5.41, 5.74) is 2.13. The molecule has 2 heterocycles. The van der Waals surface area contributed by atoms with Gasteiger partial charge in [0.1, 0.15) is 11.5 Å². The van der Waals surface area contributed by atoms with Crippen LogP contribution in [0.25, 0.3) is 0 Å². The lowest BCUT2D eigenvalue weighted by Gasteiger charge is -2.36. The summed E-state index contributed by atoms with van der Waals surface area (Å²) in [7, 11) is 5.81. The molecule has 3 rings (SSSR count).